The number of rotatable bonds is 17. The van der Waals surface area contributed by atoms with Gasteiger partial charge in [0.15, 0.2) is 0 Å². The molecule has 2 aromatic heterocycles. The minimum absolute atomic E-state index is 0.0586. The zero-order valence-corrected chi connectivity index (χ0v) is 45.7. The quantitative estimate of drug-likeness (QED) is 0.0652. The molecule has 4 N–H and O–H groups in total. The molecule has 5 aromatic carbocycles. The van der Waals surface area contributed by atoms with Crippen LogP contribution in [0, 0.1) is 11.8 Å². The van der Waals surface area contributed by atoms with E-state index in [1.54, 1.807) is 0 Å². The van der Waals surface area contributed by atoms with E-state index < -0.39 is 0 Å². The van der Waals surface area contributed by atoms with Crippen molar-refractivity contribution in [3.05, 3.63) is 179 Å². The molecule has 7 aromatic rings. The predicted octanol–water partition coefficient (Wildman–Crippen LogP) is 12.7. The fourth-order valence-electron chi connectivity index (χ4n) is 13.0. The fraction of sp³-hybridized carbons (Fsp3) is 0.403. The lowest BCUT2D eigenvalue weighted by Crippen LogP contribution is -2.24. The highest BCUT2D eigenvalue weighted by atomic mass is 16.2. The van der Waals surface area contributed by atoms with E-state index in [0.717, 1.165) is 99.8 Å². The standard InChI is InChI=1S/C35H37N5O.C32H39N5O/c41-34(32-22-31(32)24-9-2-1-3-10-24)38-27-15-13-25(14-16-27)30-21-26-23-37-35(36-17-8-20-40-18-6-7-19-40)39-33(26)29-12-5-4-11-28(29)30;38-31(24-9-2-1-3-10-24)35-26-15-13-23(14-16-26)29-21-25-22-34-32(33-17-8-20-37-18-6-7-19-37)36-30(25)28-12-5-4-11-27(28)29/h1-5,9-16,23,30-32H,6-8,17-22H2,(H,38,41)(H,36,37,39);4-5,11-16,22,24,29H,1-3,6-10,17-21H2,(H,35,38)(H,33,34,36)/t30?,31-,32+;/m0./s1. The van der Waals surface area contributed by atoms with Gasteiger partial charge in [0.2, 0.25) is 23.7 Å². The first-order valence-electron chi connectivity index (χ1n) is 29.7. The van der Waals surface area contributed by atoms with Crippen molar-refractivity contribution >= 4 is 35.1 Å². The normalized spacial score (nSPS) is 20.4. The fourth-order valence-corrected chi connectivity index (χ4v) is 13.0. The van der Waals surface area contributed by atoms with Crippen LogP contribution in [-0.4, -0.2) is 93.9 Å². The van der Waals surface area contributed by atoms with Gasteiger partial charge in [0.05, 0.1) is 11.4 Å². The number of carbonyl (C=O) groups is 2. The molecule has 12 nitrogen and oxygen atoms in total. The Bertz CT molecular complexity index is 3180. The first kappa shape index (κ1) is 52.4. The lowest BCUT2D eigenvalue weighted by atomic mass is 9.78. The van der Waals surface area contributed by atoms with E-state index in [9.17, 15) is 9.59 Å². The highest BCUT2D eigenvalue weighted by Gasteiger charge is 2.44. The average molecular weight is 1050 g/mol. The second kappa shape index (κ2) is 24.8. The summed E-state index contributed by atoms with van der Waals surface area (Å²) in [6.07, 6.45) is 19.8. The summed E-state index contributed by atoms with van der Waals surface area (Å²) in [4.78, 5) is 49.9. The molecule has 2 unspecified atom stereocenters. The summed E-state index contributed by atoms with van der Waals surface area (Å²) in [6.45, 7) is 9.02. The number of anilines is 4. The van der Waals surface area contributed by atoms with Crippen LogP contribution >= 0.6 is 0 Å². The zero-order valence-electron chi connectivity index (χ0n) is 45.7. The van der Waals surface area contributed by atoms with Gasteiger partial charge in [0.25, 0.3) is 0 Å². The van der Waals surface area contributed by atoms with E-state index in [1.165, 1.54) is 121 Å². The van der Waals surface area contributed by atoms with E-state index in [1.807, 2.05) is 42.7 Å². The van der Waals surface area contributed by atoms with Crippen molar-refractivity contribution in [2.75, 3.05) is 73.6 Å². The van der Waals surface area contributed by atoms with Gasteiger partial charge in [-0.15, -0.1) is 0 Å². The maximum Gasteiger partial charge on any atom is 0.228 e. The molecule has 4 heterocycles. The molecule has 406 valence electrons. The number of nitrogens with one attached hydrogen (secondary N) is 4. The third-order valence-corrected chi connectivity index (χ3v) is 17.5. The number of hydrogen-bond acceptors (Lipinski definition) is 10. The van der Waals surface area contributed by atoms with E-state index >= 15 is 0 Å². The lowest BCUT2D eigenvalue weighted by molar-refractivity contribution is -0.120. The molecule has 0 spiro atoms. The molecule has 4 atom stereocenters. The zero-order chi connectivity index (χ0) is 53.3. The summed E-state index contributed by atoms with van der Waals surface area (Å²) in [6, 6.07) is 44.4. The number of fused-ring (bicyclic) bond motifs is 6. The molecule has 2 aliphatic heterocycles. The van der Waals surface area contributed by atoms with Crippen LogP contribution in [0.4, 0.5) is 23.3 Å². The minimum atomic E-state index is 0.0586. The van der Waals surface area contributed by atoms with Gasteiger partial charge in [0.1, 0.15) is 0 Å². The van der Waals surface area contributed by atoms with Gasteiger partial charge in [-0.3, -0.25) is 9.59 Å². The molecule has 2 saturated heterocycles. The van der Waals surface area contributed by atoms with Crippen LogP contribution in [0.3, 0.4) is 0 Å². The molecule has 0 radical (unpaired) electrons. The molecule has 12 heteroatoms. The van der Waals surface area contributed by atoms with Crippen LogP contribution < -0.4 is 21.3 Å². The molecule has 13 rings (SSSR count). The van der Waals surface area contributed by atoms with Crippen molar-refractivity contribution in [3.63, 3.8) is 0 Å². The van der Waals surface area contributed by atoms with Gasteiger partial charge in [0, 0.05) is 71.7 Å². The highest BCUT2D eigenvalue weighted by molar-refractivity contribution is 5.95. The third kappa shape index (κ3) is 12.6. The Morgan fingerprint density at radius 2 is 0.962 bits per heavy atom. The van der Waals surface area contributed by atoms with Crippen LogP contribution in [0.1, 0.15) is 134 Å². The van der Waals surface area contributed by atoms with Crippen molar-refractivity contribution in [3.8, 4) is 22.5 Å². The van der Waals surface area contributed by atoms with Gasteiger partial charge < -0.3 is 31.1 Å². The van der Waals surface area contributed by atoms with Gasteiger partial charge in [-0.2, -0.15) is 0 Å². The van der Waals surface area contributed by atoms with Gasteiger partial charge >= 0.3 is 0 Å². The van der Waals surface area contributed by atoms with E-state index in [0.29, 0.717) is 11.9 Å². The van der Waals surface area contributed by atoms with Crippen molar-refractivity contribution in [1.82, 2.24) is 29.7 Å². The number of nitrogens with zero attached hydrogens (tertiary/aromatic N) is 6. The maximum absolute atomic E-state index is 12.9. The van der Waals surface area contributed by atoms with E-state index in [-0.39, 0.29) is 35.5 Å². The number of likely N-dealkylation sites (tertiary alicyclic amines) is 2. The Morgan fingerprint density at radius 1 is 0.494 bits per heavy atom. The second-order valence-corrected chi connectivity index (χ2v) is 22.9. The average Bonchev–Trinajstić information content (AvgIpc) is 3.93. The summed E-state index contributed by atoms with van der Waals surface area (Å²) >= 11 is 0. The number of carbonyl (C=O) groups excluding carboxylic acids is 2. The van der Waals surface area contributed by atoms with Gasteiger partial charge in [-0.1, -0.05) is 122 Å². The minimum Gasteiger partial charge on any atom is -0.354 e. The van der Waals surface area contributed by atoms with Crippen molar-refractivity contribution < 1.29 is 9.59 Å². The number of benzene rings is 5. The first-order valence-corrected chi connectivity index (χ1v) is 29.7. The van der Waals surface area contributed by atoms with Crippen molar-refractivity contribution in [1.29, 1.82) is 0 Å². The maximum atomic E-state index is 12.9. The van der Waals surface area contributed by atoms with Gasteiger partial charge in [-0.25, -0.2) is 19.9 Å². The summed E-state index contributed by atoms with van der Waals surface area (Å²) in [7, 11) is 0. The monoisotopic (exact) mass is 1050 g/mol. The summed E-state index contributed by atoms with van der Waals surface area (Å²) in [5.74, 6) is 2.73. The van der Waals surface area contributed by atoms with Gasteiger partial charge in [-0.05, 0) is 179 Å². The Hall–Kier alpha value is -7.28. The molecule has 79 heavy (non-hydrogen) atoms. The van der Waals surface area contributed by atoms with Crippen LogP contribution in [0.25, 0.3) is 22.5 Å². The Labute approximate surface area is 466 Å². The van der Waals surface area contributed by atoms with E-state index in [4.69, 9.17) is 9.97 Å². The Balaban J connectivity index is 0.000000158. The SMILES string of the molecule is O=C(Nc1ccc(C2Cc3cnc(NCCCN4CCCC4)nc3-c3ccccc32)cc1)C1CCCCC1.O=C(Nc1ccc(C2Cc3cnc(NCCCN4CCCC4)nc3-c3ccccc32)cc1)[C@@H]1C[C@H]1c1ccccc1. The lowest BCUT2D eigenvalue weighted by Gasteiger charge is -2.28. The molecular weight excluding hydrogens is 977 g/mol. The second-order valence-electron chi connectivity index (χ2n) is 22.9. The largest absolute Gasteiger partial charge is 0.354 e. The Morgan fingerprint density at radius 3 is 1.47 bits per heavy atom. The first-order chi connectivity index (χ1) is 39.0. The molecule has 4 aliphatic carbocycles. The van der Waals surface area contributed by atoms with Crippen LogP contribution in [-0.2, 0) is 22.4 Å². The van der Waals surface area contributed by atoms with Crippen molar-refractivity contribution in [2.45, 2.75) is 108 Å². The molecule has 6 aliphatic rings. The summed E-state index contributed by atoms with van der Waals surface area (Å²) < 4.78 is 0. The molecule has 2 amide bonds. The number of hydrogen-bond donors (Lipinski definition) is 4. The number of aromatic nitrogens is 4. The van der Waals surface area contributed by atoms with Crippen LogP contribution in [0.15, 0.2) is 140 Å². The highest BCUT2D eigenvalue weighted by Crippen LogP contribution is 2.48. The molecular formula is C67H76N10O2. The Kier molecular flexibility index (Phi) is 16.5. The molecule has 2 saturated carbocycles. The third-order valence-electron chi connectivity index (χ3n) is 17.5. The molecule has 4 fully saturated rings. The van der Waals surface area contributed by atoms with E-state index in [2.05, 4.69) is 138 Å². The van der Waals surface area contributed by atoms with Crippen LogP contribution in [0.2, 0.25) is 0 Å². The number of amides is 2. The summed E-state index contributed by atoms with van der Waals surface area (Å²) in [5, 5.41) is 13.2. The smallest absolute Gasteiger partial charge is 0.228 e. The topological polar surface area (TPSA) is 140 Å². The molecule has 0 bridgehead atoms. The van der Waals surface area contributed by atoms with Crippen LogP contribution in [0.5, 0.6) is 0 Å². The van der Waals surface area contributed by atoms with Crippen molar-refractivity contribution in [2.24, 2.45) is 11.8 Å². The summed E-state index contributed by atoms with van der Waals surface area (Å²) in [5.41, 5.74) is 14.9. The predicted molar refractivity (Wildman–Crippen MR) is 318 cm³/mol.